The van der Waals surface area contributed by atoms with Crippen molar-refractivity contribution in [2.24, 2.45) is 0 Å². The molecule has 150 valence electrons. The summed E-state index contributed by atoms with van der Waals surface area (Å²) in [5.41, 5.74) is 0.965. The molecule has 29 heavy (non-hydrogen) atoms. The minimum Gasteiger partial charge on any atom is -0.496 e. The lowest BCUT2D eigenvalue weighted by molar-refractivity contribution is 0.0546. The van der Waals surface area contributed by atoms with Crippen LogP contribution in [0.5, 0.6) is 11.5 Å². The molecule has 1 saturated heterocycles. The third-order valence-corrected chi connectivity index (χ3v) is 5.18. The van der Waals surface area contributed by atoms with E-state index >= 15 is 0 Å². The van der Waals surface area contributed by atoms with Crippen molar-refractivity contribution < 1.29 is 28.6 Å². The van der Waals surface area contributed by atoms with Crippen LogP contribution in [0.1, 0.15) is 31.1 Å². The lowest BCUT2D eigenvalue weighted by atomic mass is 10.1. The Bertz CT molecular complexity index is 932. The molecule has 1 N–H and O–H groups in total. The van der Waals surface area contributed by atoms with Crippen molar-refractivity contribution in [1.82, 2.24) is 10.2 Å². The average Bonchev–Trinajstić information content (AvgIpc) is 3.29. The van der Waals surface area contributed by atoms with Gasteiger partial charge in [0, 0.05) is 0 Å². The molecule has 0 radical (unpaired) electrons. The second-order valence-electron chi connectivity index (χ2n) is 6.75. The summed E-state index contributed by atoms with van der Waals surface area (Å²) in [5.74, 6) is -0.474. The lowest BCUT2D eigenvalue weighted by Gasteiger charge is -2.27. The van der Waals surface area contributed by atoms with Crippen LogP contribution in [0.25, 0.3) is 0 Å². The predicted octanol–water partition coefficient (Wildman–Crippen LogP) is 1.50. The van der Waals surface area contributed by atoms with E-state index in [0.29, 0.717) is 22.6 Å². The van der Waals surface area contributed by atoms with Crippen molar-refractivity contribution in [3.05, 3.63) is 59.2 Å². The molecule has 4 rings (SSSR count). The Morgan fingerprint density at radius 2 is 1.55 bits per heavy atom. The molecule has 3 amide bonds. The van der Waals surface area contributed by atoms with Crippen molar-refractivity contribution in [2.75, 3.05) is 27.4 Å². The summed E-state index contributed by atoms with van der Waals surface area (Å²) in [5, 5.41) is 2.87. The van der Waals surface area contributed by atoms with E-state index in [1.807, 2.05) is 0 Å². The van der Waals surface area contributed by atoms with Crippen LogP contribution in [0, 0.1) is 0 Å². The van der Waals surface area contributed by atoms with E-state index in [9.17, 15) is 14.4 Å². The van der Waals surface area contributed by atoms with Crippen molar-refractivity contribution in [3.63, 3.8) is 0 Å². The number of hydrogen-bond acceptors (Lipinski definition) is 6. The number of carbonyl (C=O) groups is 3. The topological polar surface area (TPSA) is 94.2 Å². The van der Waals surface area contributed by atoms with E-state index in [-0.39, 0.29) is 30.6 Å². The first-order chi connectivity index (χ1) is 14.1. The molecule has 2 aromatic rings. The standard InChI is InChI=1S/C21H20N2O6/c1-27-16-8-5-9-17(28-2)18(16)19(24)22-14-10-29-11-15(14)23-20(25)12-6-3-4-7-13(12)21(23)26/h3-9,14-15H,10-11H2,1-2H3,(H,22,24)/t14-,15-/m0/s1. The maximum absolute atomic E-state index is 13.0. The molecule has 8 nitrogen and oxygen atoms in total. The molecule has 2 aliphatic heterocycles. The highest BCUT2D eigenvalue weighted by Crippen LogP contribution is 2.30. The highest BCUT2D eigenvalue weighted by Gasteiger charge is 2.45. The van der Waals surface area contributed by atoms with Crippen LogP contribution in [-0.2, 0) is 4.74 Å². The molecule has 2 atom stereocenters. The number of benzene rings is 2. The second kappa shape index (κ2) is 7.56. The molecule has 1 fully saturated rings. The van der Waals surface area contributed by atoms with Crippen molar-refractivity contribution >= 4 is 17.7 Å². The summed E-state index contributed by atoms with van der Waals surface area (Å²) >= 11 is 0. The number of hydrogen-bond donors (Lipinski definition) is 1. The number of methoxy groups -OCH3 is 2. The number of amides is 3. The SMILES string of the molecule is COc1cccc(OC)c1C(=O)N[C@H]1COC[C@@H]1N1C(=O)c2ccccc2C1=O. The summed E-state index contributed by atoms with van der Waals surface area (Å²) in [6.45, 7) is 0.334. The monoisotopic (exact) mass is 396 g/mol. The van der Waals surface area contributed by atoms with Gasteiger partial charge in [-0.25, -0.2) is 0 Å². The van der Waals surface area contributed by atoms with Gasteiger partial charge in [0.1, 0.15) is 17.1 Å². The van der Waals surface area contributed by atoms with Gasteiger partial charge in [0.25, 0.3) is 17.7 Å². The fraction of sp³-hybridized carbons (Fsp3) is 0.286. The molecular formula is C21H20N2O6. The quantitative estimate of drug-likeness (QED) is 0.770. The van der Waals surface area contributed by atoms with Gasteiger partial charge in [0.2, 0.25) is 0 Å². The minimum atomic E-state index is -0.605. The first-order valence-electron chi connectivity index (χ1n) is 9.13. The van der Waals surface area contributed by atoms with Gasteiger partial charge in [0.05, 0.1) is 50.6 Å². The summed E-state index contributed by atoms with van der Waals surface area (Å²) in [7, 11) is 2.93. The van der Waals surface area contributed by atoms with Crippen LogP contribution in [0.2, 0.25) is 0 Å². The van der Waals surface area contributed by atoms with Gasteiger partial charge >= 0.3 is 0 Å². The van der Waals surface area contributed by atoms with Crippen LogP contribution >= 0.6 is 0 Å². The Balaban J connectivity index is 1.59. The Kier molecular flexibility index (Phi) is 4.94. The van der Waals surface area contributed by atoms with E-state index in [4.69, 9.17) is 14.2 Å². The Morgan fingerprint density at radius 1 is 0.966 bits per heavy atom. The zero-order valence-electron chi connectivity index (χ0n) is 16.0. The lowest BCUT2D eigenvalue weighted by Crippen LogP contribution is -2.53. The molecule has 0 unspecified atom stereocenters. The van der Waals surface area contributed by atoms with Crippen LogP contribution in [0.15, 0.2) is 42.5 Å². The maximum atomic E-state index is 13.0. The highest BCUT2D eigenvalue weighted by atomic mass is 16.5. The number of fused-ring (bicyclic) bond motifs is 1. The summed E-state index contributed by atoms with van der Waals surface area (Å²) in [4.78, 5) is 39.8. The number of carbonyl (C=O) groups excluding carboxylic acids is 3. The summed E-state index contributed by atoms with van der Waals surface area (Å²) in [6, 6.07) is 10.5. The number of nitrogens with zero attached hydrogens (tertiary/aromatic N) is 1. The fourth-order valence-electron chi connectivity index (χ4n) is 3.76. The maximum Gasteiger partial charge on any atom is 0.261 e. The Morgan fingerprint density at radius 3 is 2.10 bits per heavy atom. The first-order valence-corrected chi connectivity index (χ1v) is 9.13. The molecule has 0 aliphatic carbocycles. The second-order valence-corrected chi connectivity index (χ2v) is 6.75. The van der Waals surface area contributed by atoms with E-state index in [0.717, 1.165) is 0 Å². The first kappa shape index (κ1) is 18.9. The summed E-state index contributed by atoms with van der Waals surface area (Å²) in [6.07, 6.45) is 0. The average molecular weight is 396 g/mol. The van der Waals surface area contributed by atoms with Crippen molar-refractivity contribution in [2.45, 2.75) is 12.1 Å². The van der Waals surface area contributed by atoms with Gasteiger partial charge in [-0.2, -0.15) is 0 Å². The number of nitrogens with one attached hydrogen (secondary N) is 1. The van der Waals surface area contributed by atoms with Crippen LogP contribution in [-0.4, -0.2) is 62.1 Å². The van der Waals surface area contributed by atoms with Crippen LogP contribution in [0.4, 0.5) is 0 Å². The molecule has 0 saturated carbocycles. The van der Waals surface area contributed by atoms with Gasteiger partial charge in [-0.1, -0.05) is 18.2 Å². The molecule has 0 spiro atoms. The van der Waals surface area contributed by atoms with Gasteiger partial charge in [-0.15, -0.1) is 0 Å². The van der Waals surface area contributed by atoms with Gasteiger partial charge in [0.15, 0.2) is 0 Å². The van der Waals surface area contributed by atoms with E-state index in [1.165, 1.54) is 19.1 Å². The van der Waals surface area contributed by atoms with E-state index < -0.39 is 18.0 Å². The summed E-state index contributed by atoms with van der Waals surface area (Å²) < 4.78 is 16.1. The zero-order chi connectivity index (χ0) is 20.5. The smallest absolute Gasteiger partial charge is 0.261 e. The van der Waals surface area contributed by atoms with Crippen LogP contribution < -0.4 is 14.8 Å². The fourth-order valence-corrected chi connectivity index (χ4v) is 3.76. The molecule has 0 aromatic heterocycles. The third-order valence-electron chi connectivity index (χ3n) is 5.18. The Labute approximate surface area is 167 Å². The predicted molar refractivity (Wildman–Crippen MR) is 102 cm³/mol. The van der Waals surface area contributed by atoms with Gasteiger partial charge in [-0.3, -0.25) is 19.3 Å². The molecule has 2 aliphatic rings. The molecule has 8 heteroatoms. The molecular weight excluding hydrogens is 376 g/mol. The number of rotatable bonds is 5. The Hall–Kier alpha value is -3.39. The van der Waals surface area contributed by atoms with Crippen molar-refractivity contribution in [3.8, 4) is 11.5 Å². The highest BCUT2D eigenvalue weighted by molar-refractivity contribution is 6.21. The largest absolute Gasteiger partial charge is 0.496 e. The molecule has 0 bridgehead atoms. The van der Waals surface area contributed by atoms with E-state index in [1.54, 1.807) is 42.5 Å². The van der Waals surface area contributed by atoms with Crippen molar-refractivity contribution in [1.29, 1.82) is 0 Å². The third kappa shape index (κ3) is 3.11. The number of imide groups is 1. The normalized spacial score (nSPS) is 20.6. The number of ether oxygens (including phenoxy) is 3. The van der Waals surface area contributed by atoms with Gasteiger partial charge in [-0.05, 0) is 24.3 Å². The van der Waals surface area contributed by atoms with Crippen LogP contribution in [0.3, 0.4) is 0 Å². The van der Waals surface area contributed by atoms with E-state index in [2.05, 4.69) is 5.32 Å². The minimum absolute atomic E-state index is 0.152. The zero-order valence-corrected chi connectivity index (χ0v) is 16.0. The molecule has 2 heterocycles. The molecule has 2 aromatic carbocycles. The van der Waals surface area contributed by atoms with Gasteiger partial charge < -0.3 is 19.5 Å².